The Balaban J connectivity index is 1.65. The number of amides is 1. The highest BCUT2D eigenvalue weighted by Crippen LogP contribution is 2.29. The highest BCUT2D eigenvalue weighted by molar-refractivity contribution is 7.81. The van der Waals surface area contributed by atoms with Gasteiger partial charge in [0.05, 0.1) is 5.75 Å². The molecule has 0 unspecified atom stereocenters. The molecule has 0 atom stereocenters. The topological polar surface area (TPSA) is 32.3 Å². The van der Waals surface area contributed by atoms with Gasteiger partial charge in [0, 0.05) is 30.3 Å². The summed E-state index contributed by atoms with van der Waals surface area (Å²) in [5, 5.41) is 3.69. The maximum atomic E-state index is 11.0. The summed E-state index contributed by atoms with van der Waals surface area (Å²) in [5.41, 5.74) is 2.74. The zero-order chi connectivity index (χ0) is 15.8. The van der Waals surface area contributed by atoms with E-state index in [1.165, 1.54) is 30.5 Å². The lowest BCUT2D eigenvalue weighted by Gasteiger charge is -2.31. The first-order valence-electron chi connectivity index (χ1n) is 8.11. The molecule has 2 rings (SSSR count). The number of rotatable bonds is 8. The first-order valence-corrected chi connectivity index (χ1v) is 9.12. The summed E-state index contributed by atoms with van der Waals surface area (Å²) in [7, 11) is 0. The van der Waals surface area contributed by atoms with Gasteiger partial charge in [0.1, 0.15) is 0 Å². The van der Waals surface area contributed by atoms with E-state index in [4.69, 9.17) is 11.6 Å². The number of nitrogens with zero attached hydrogens (tertiary/aromatic N) is 1. The summed E-state index contributed by atoms with van der Waals surface area (Å²) >= 11 is 10.0. The predicted molar refractivity (Wildman–Crippen MR) is 97.3 cm³/mol. The van der Waals surface area contributed by atoms with E-state index in [1.807, 2.05) is 6.07 Å². The van der Waals surface area contributed by atoms with E-state index in [0.29, 0.717) is 0 Å². The van der Waals surface area contributed by atoms with Gasteiger partial charge < -0.3 is 10.2 Å². The van der Waals surface area contributed by atoms with Crippen LogP contribution in [-0.4, -0.2) is 31.3 Å². The number of benzene rings is 1. The van der Waals surface area contributed by atoms with E-state index in [0.717, 1.165) is 43.9 Å². The van der Waals surface area contributed by atoms with Crippen molar-refractivity contribution < 1.29 is 4.79 Å². The molecule has 1 N–H and O–H groups in total. The van der Waals surface area contributed by atoms with E-state index in [1.54, 1.807) is 0 Å². The molecule has 0 fully saturated rings. The van der Waals surface area contributed by atoms with Crippen molar-refractivity contribution in [1.29, 1.82) is 0 Å². The lowest BCUT2D eigenvalue weighted by molar-refractivity contribution is -0.118. The Kier molecular flexibility index (Phi) is 7.40. The van der Waals surface area contributed by atoms with E-state index in [-0.39, 0.29) is 11.7 Å². The van der Waals surface area contributed by atoms with Crippen molar-refractivity contribution in [3.05, 3.63) is 28.8 Å². The van der Waals surface area contributed by atoms with Gasteiger partial charge in [0.15, 0.2) is 0 Å². The van der Waals surface area contributed by atoms with Crippen LogP contribution in [-0.2, 0) is 11.2 Å². The third kappa shape index (κ3) is 5.40. The second-order valence-electron chi connectivity index (χ2n) is 5.79. The van der Waals surface area contributed by atoms with Gasteiger partial charge in [-0.15, -0.1) is 0 Å². The molecular weight excluding hydrogens is 316 g/mol. The average molecular weight is 341 g/mol. The quantitative estimate of drug-likeness (QED) is 0.558. The maximum Gasteiger partial charge on any atom is 0.229 e. The highest BCUT2D eigenvalue weighted by atomic mass is 35.5. The molecule has 0 radical (unpaired) electrons. The van der Waals surface area contributed by atoms with Gasteiger partial charge in [-0.2, -0.15) is 12.6 Å². The van der Waals surface area contributed by atoms with Gasteiger partial charge in [-0.1, -0.05) is 24.4 Å². The number of unbranched alkanes of at least 4 members (excludes halogenated alkanes) is 3. The van der Waals surface area contributed by atoms with Crippen molar-refractivity contribution in [2.45, 2.75) is 38.5 Å². The Morgan fingerprint density at radius 1 is 1.27 bits per heavy atom. The summed E-state index contributed by atoms with van der Waals surface area (Å²) < 4.78 is 0. The molecule has 0 aromatic heterocycles. The van der Waals surface area contributed by atoms with Gasteiger partial charge >= 0.3 is 0 Å². The van der Waals surface area contributed by atoms with Crippen LogP contribution in [0.4, 0.5) is 5.69 Å². The highest BCUT2D eigenvalue weighted by Gasteiger charge is 2.16. The van der Waals surface area contributed by atoms with E-state index in [2.05, 4.69) is 35.0 Å². The lowest BCUT2D eigenvalue weighted by Crippen LogP contribution is -2.30. The Morgan fingerprint density at radius 3 is 2.91 bits per heavy atom. The second-order valence-corrected chi connectivity index (χ2v) is 6.54. The Morgan fingerprint density at radius 2 is 2.09 bits per heavy atom. The van der Waals surface area contributed by atoms with Crippen LogP contribution in [0.15, 0.2) is 18.2 Å². The normalized spacial score (nSPS) is 13.8. The molecule has 1 aromatic rings. The number of fused-ring (bicyclic) bond motifs is 1. The standard InChI is InChI=1S/C17H25ClN2OS/c18-15-7-8-16-14(12-15)6-5-11-20(16)10-4-2-1-3-9-19-17(21)13-22/h7-8,12,22H,1-6,9-11,13H2,(H,19,21). The zero-order valence-electron chi connectivity index (χ0n) is 13.0. The molecule has 1 aliphatic heterocycles. The molecule has 0 bridgehead atoms. The number of thiol groups is 1. The molecule has 5 heteroatoms. The molecule has 0 saturated carbocycles. The first-order chi connectivity index (χ1) is 10.7. The number of halogens is 1. The fourth-order valence-corrected chi connectivity index (χ4v) is 3.25. The Bertz CT molecular complexity index is 496. The number of aryl methyl sites for hydroxylation is 1. The first kappa shape index (κ1) is 17.5. The SMILES string of the molecule is O=C(CS)NCCCCCCN1CCCc2cc(Cl)ccc21. The summed E-state index contributed by atoms with van der Waals surface area (Å²) in [4.78, 5) is 13.5. The number of nitrogens with one attached hydrogen (secondary N) is 1. The summed E-state index contributed by atoms with van der Waals surface area (Å²) in [5.74, 6) is 0.296. The average Bonchev–Trinajstić information content (AvgIpc) is 2.53. The summed E-state index contributed by atoms with van der Waals surface area (Å²) in [6, 6.07) is 6.25. The van der Waals surface area contributed by atoms with Crippen LogP contribution < -0.4 is 10.2 Å². The van der Waals surface area contributed by atoms with E-state index in [9.17, 15) is 4.79 Å². The lowest BCUT2D eigenvalue weighted by atomic mass is 10.0. The van der Waals surface area contributed by atoms with Crippen molar-refractivity contribution >= 4 is 35.8 Å². The number of anilines is 1. The molecule has 1 aromatic carbocycles. The van der Waals surface area contributed by atoms with Gasteiger partial charge in [-0.3, -0.25) is 4.79 Å². The fourth-order valence-electron chi connectivity index (χ4n) is 2.94. The second kappa shape index (κ2) is 9.31. The van der Waals surface area contributed by atoms with Crippen molar-refractivity contribution in [3.63, 3.8) is 0 Å². The molecule has 0 saturated heterocycles. The minimum absolute atomic E-state index is 0.0203. The number of carbonyl (C=O) groups excluding carboxylic acids is 1. The Labute approximate surface area is 143 Å². The fraction of sp³-hybridized carbons (Fsp3) is 0.588. The largest absolute Gasteiger partial charge is 0.371 e. The van der Waals surface area contributed by atoms with Crippen LogP contribution >= 0.6 is 24.2 Å². The molecular formula is C17H25ClN2OS. The van der Waals surface area contributed by atoms with Gasteiger partial charge in [-0.25, -0.2) is 0 Å². The van der Waals surface area contributed by atoms with Crippen molar-refractivity contribution in [1.82, 2.24) is 5.32 Å². The third-order valence-corrected chi connectivity index (χ3v) is 4.60. The van der Waals surface area contributed by atoms with Crippen LogP contribution in [0.5, 0.6) is 0 Å². The molecule has 122 valence electrons. The van der Waals surface area contributed by atoms with Crippen LogP contribution in [0.3, 0.4) is 0 Å². The monoisotopic (exact) mass is 340 g/mol. The van der Waals surface area contributed by atoms with Gasteiger partial charge in [-0.05, 0) is 49.4 Å². The van der Waals surface area contributed by atoms with Crippen LogP contribution in [0, 0.1) is 0 Å². The molecule has 1 amide bonds. The number of carbonyl (C=O) groups is 1. The molecule has 0 aliphatic carbocycles. The van der Waals surface area contributed by atoms with E-state index < -0.39 is 0 Å². The summed E-state index contributed by atoms with van der Waals surface area (Å²) in [6.45, 7) is 3.02. The van der Waals surface area contributed by atoms with Gasteiger partial charge in [0.2, 0.25) is 5.91 Å². The number of hydrogen-bond acceptors (Lipinski definition) is 3. The minimum Gasteiger partial charge on any atom is -0.371 e. The summed E-state index contributed by atoms with van der Waals surface area (Å²) in [6.07, 6.45) is 6.96. The molecule has 22 heavy (non-hydrogen) atoms. The molecule has 1 aliphatic rings. The molecule has 1 heterocycles. The van der Waals surface area contributed by atoms with Gasteiger partial charge in [0.25, 0.3) is 0 Å². The Hall–Kier alpha value is -0.870. The van der Waals surface area contributed by atoms with Crippen molar-refractivity contribution in [3.8, 4) is 0 Å². The zero-order valence-corrected chi connectivity index (χ0v) is 14.6. The van der Waals surface area contributed by atoms with Crippen LogP contribution in [0.1, 0.15) is 37.7 Å². The maximum absolute atomic E-state index is 11.0. The van der Waals surface area contributed by atoms with E-state index >= 15 is 0 Å². The molecule has 3 nitrogen and oxygen atoms in total. The number of hydrogen-bond donors (Lipinski definition) is 2. The minimum atomic E-state index is 0.0203. The smallest absolute Gasteiger partial charge is 0.229 e. The third-order valence-electron chi connectivity index (χ3n) is 4.08. The van der Waals surface area contributed by atoms with Crippen molar-refractivity contribution in [2.75, 3.05) is 30.3 Å². The van der Waals surface area contributed by atoms with Crippen molar-refractivity contribution in [2.24, 2.45) is 0 Å². The van der Waals surface area contributed by atoms with Crippen LogP contribution in [0.25, 0.3) is 0 Å². The molecule has 0 spiro atoms. The predicted octanol–water partition coefficient (Wildman–Crippen LogP) is 3.70. The van der Waals surface area contributed by atoms with Crippen LogP contribution in [0.2, 0.25) is 5.02 Å².